The van der Waals surface area contributed by atoms with Crippen molar-refractivity contribution in [1.29, 1.82) is 0 Å². The number of hydrogen-bond acceptors (Lipinski definition) is 4. The van der Waals surface area contributed by atoms with E-state index in [1.54, 1.807) is 0 Å². The second-order valence-corrected chi connectivity index (χ2v) is 6.32. The third-order valence-corrected chi connectivity index (χ3v) is 3.54. The van der Waals surface area contributed by atoms with Gasteiger partial charge in [0.05, 0.1) is 13.2 Å². The maximum absolute atomic E-state index is 12.9. The molecule has 4 nitrogen and oxygen atoms in total. The summed E-state index contributed by atoms with van der Waals surface area (Å²) in [4.78, 5) is 22.8. The molecule has 0 aromatic rings. The Kier molecular flexibility index (Phi) is 6.89. The van der Waals surface area contributed by atoms with E-state index in [0.717, 1.165) is 6.92 Å². The van der Waals surface area contributed by atoms with Crippen molar-refractivity contribution in [3.05, 3.63) is 23.7 Å². The highest BCUT2D eigenvalue weighted by Crippen LogP contribution is 2.35. The summed E-state index contributed by atoms with van der Waals surface area (Å²) >= 11 is 0. The number of allylic oxidation sites excluding steroid dienone is 4. The van der Waals surface area contributed by atoms with Gasteiger partial charge in [0.2, 0.25) is 11.5 Å². The van der Waals surface area contributed by atoms with Crippen LogP contribution in [0, 0.1) is 5.41 Å². The van der Waals surface area contributed by atoms with Gasteiger partial charge >= 0.3 is 12.4 Å². The Hall–Kier alpha value is -2.00. The van der Waals surface area contributed by atoms with Gasteiger partial charge in [-0.2, -0.15) is 26.3 Å². The lowest BCUT2D eigenvalue weighted by Gasteiger charge is -2.29. The molecule has 1 heterocycles. The molecule has 0 saturated heterocycles. The van der Waals surface area contributed by atoms with E-state index in [4.69, 9.17) is 4.74 Å². The van der Waals surface area contributed by atoms with Crippen molar-refractivity contribution in [2.45, 2.75) is 45.5 Å². The molecule has 0 bridgehead atoms. The molecule has 10 heteroatoms. The van der Waals surface area contributed by atoms with Gasteiger partial charge in [0.1, 0.15) is 0 Å². The smallest absolute Gasteiger partial charge is 0.449 e. The van der Waals surface area contributed by atoms with E-state index in [1.807, 2.05) is 0 Å². The van der Waals surface area contributed by atoms with Crippen LogP contribution in [-0.4, -0.2) is 37.1 Å². The van der Waals surface area contributed by atoms with Gasteiger partial charge < -0.3 is 9.47 Å². The molecule has 0 aromatic carbocycles. The van der Waals surface area contributed by atoms with E-state index in [9.17, 15) is 35.9 Å². The van der Waals surface area contributed by atoms with Crippen molar-refractivity contribution in [1.82, 2.24) is 0 Å². The summed E-state index contributed by atoms with van der Waals surface area (Å²) in [6.07, 6.45) is -9.43. The predicted molar refractivity (Wildman–Crippen MR) is 77.8 cm³/mol. The largest absolute Gasteiger partial charge is 0.489 e. The minimum Gasteiger partial charge on any atom is -0.489 e. The van der Waals surface area contributed by atoms with Crippen LogP contribution in [0.5, 0.6) is 0 Å². The number of ketones is 2. The molecule has 26 heavy (non-hydrogen) atoms. The fourth-order valence-electron chi connectivity index (χ4n) is 2.36. The lowest BCUT2D eigenvalue weighted by atomic mass is 9.81. The monoisotopic (exact) mass is 388 g/mol. The molecule has 0 fully saturated rings. The zero-order valence-electron chi connectivity index (χ0n) is 14.1. The van der Waals surface area contributed by atoms with Crippen LogP contribution in [0.2, 0.25) is 0 Å². The highest BCUT2D eigenvalue weighted by atomic mass is 19.4. The van der Waals surface area contributed by atoms with E-state index < -0.39 is 53.9 Å². The second kappa shape index (κ2) is 8.13. The summed E-state index contributed by atoms with van der Waals surface area (Å²) in [5.74, 6) is -4.75. The zero-order valence-corrected chi connectivity index (χ0v) is 14.1. The van der Waals surface area contributed by atoms with Crippen LogP contribution in [0.1, 0.15) is 33.1 Å². The molecule has 1 atom stereocenters. The van der Waals surface area contributed by atoms with Crippen LogP contribution < -0.4 is 0 Å². The van der Waals surface area contributed by atoms with E-state index in [0.29, 0.717) is 6.08 Å². The summed E-state index contributed by atoms with van der Waals surface area (Å²) in [5, 5.41) is 0. The highest BCUT2D eigenvalue weighted by molar-refractivity contribution is 5.90. The first-order valence-electron chi connectivity index (χ1n) is 7.60. The molecule has 0 aromatic heterocycles. The normalized spacial score (nSPS) is 25.3. The Bertz CT molecular complexity index is 603. The van der Waals surface area contributed by atoms with E-state index in [-0.39, 0.29) is 25.5 Å². The minimum atomic E-state index is -4.91. The molecule has 1 aliphatic rings. The maximum Gasteiger partial charge on any atom is 0.449 e. The Balaban J connectivity index is 2.96. The molecule has 0 spiro atoms. The number of rotatable bonds is 4. The summed E-state index contributed by atoms with van der Waals surface area (Å²) < 4.78 is 86.0. The minimum absolute atomic E-state index is 0.0817. The lowest BCUT2D eigenvalue weighted by Crippen LogP contribution is -2.29. The standard InChI is InChI=1S/C16H18F6O4/c1-10(23)6-12(15(17,18)19)26-9-14(2)4-3-5-25-13(16(20,21)22)7-11(24)8-14/h6-7H,3-5,8-9H2,1-2H3/b12-6-,13-7-. The molecular formula is C16H18F6O4. The molecule has 0 saturated carbocycles. The van der Waals surface area contributed by atoms with Crippen molar-refractivity contribution in [2.75, 3.05) is 13.2 Å². The first-order chi connectivity index (χ1) is 11.7. The molecule has 0 amide bonds. The summed E-state index contributed by atoms with van der Waals surface area (Å²) in [6.45, 7) is 1.41. The maximum atomic E-state index is 12.9. The van der Waals surface area contributed by atoms with Gasteiger partial charge in [0, 0.05) is 24.0 Å². The SMILES string of the molecule is CC(=O)/C=C(\OCC1(C)CCCO/C(C(F)(F)F)=C\C(=O)C1)C(F)(F)F. The van der Waals surface area contributed by atoms with Crippen LogP contribution >= 0.6 is 0 Å². The van der Waals surface area contributed by atoms with Crippen LogP contribution in [0.4, 0.5) is 26.3 Å². The van der Waals surface area contributed by atoms with Crippen LogP contribution in [-0.2, 0) is 19.1 Å². The average molecular weight is 388 g/mol. The third-order valence-electron chi connectivity index (χ3n) is 3.54. The fourth-order valence-corrected chi connectivity index (χ4v) is 2.36. The zero-order chi connectivity index (χ0) is 20.2. The molecule has 148 valence electrons. The van der Waals surface area contributed by atoms with Gasteiger partial charge in [-0.3, -0.25) is 9.59 Å². The summed E-state index contributed by atoms with van der Waals surface area (Å²) in [7, 11) is 0. The molecule has 1 aliphatic heterocycles. The van der Waals surface area contributed by atoms with Crippen molar-refractivity contribution < 1.29 is 45.4 Å². The molecule has 0 aliphatic carbocycles. The number of hydrogen-bond donors (Lipinski definition) is 0. The van der Waals surface area contributed by atoms with Crippen molar-refractivity contribution in [2.24, 2.45) is 5.41 Å². The highest BCUT2D eigenvalue weighted by Gasteiger charge is 2.40. The fraction of sp³-hybridized carbons (Fsp3) is 0.625. The molecule has 0 N–H and O–H groups in total. The van der Waals surface area contributed by atoms with Crippen molar-refractivity contribution in [3.8, 4) is 0 Å². The quantitative estimate of drug-likeness (QED) is 0.410. The van der Waals surface area contributed by atoms with E-state index in [1.165, 1.54) is 6.92 Å². The first-order valence-corrected chi connectivity index (χ1v) is 7.60. The van der Waals surface area contributed by atoms with Gasteiger partial charge in [0.25, 0.3) is 0 Å². The Labute approximate surface area is 145 Å². The topological polar surface area (TPSA) is 52.6 Å². The lowest BCUT2D eigenvalue weighted by molar-refractivity contribution is -0.140. The number of halogens is 6. The Morgan fingerprint density at radius 2 is 1.92 bits per heavy atom. The van der Waals surface area contributed by atoms with Gasteiger partial charge in [0.15, 0.2) is 11.6 Å². The van der Waals surface area contributed by atoms with Gasteiger partial charge in [-0.15, -0.1) is 0 Å². The van der Waals surface area contributed by atoms with Crippen LogP contribution in [0.15, 0.2) is 23.7 Å². The van der Waals surface area contributed by atoms with Gasteiger partial charge in [-0.25, -0.2) is 0 Å². The Morgan fingerprint density at radius 3 is 2.42 bits per heavy atom. The molecular weight excluding hydrogens is 370 g/mol. The Morgan fingerprint density at radius 1 is 1.31 bits per heavy atom. The van der Waals surface area contributed by atoms with E-state index >= 15 is 0 Å². The number of carbonyl (C=O) groups excluding carboxylic acids is 2. The molecule has 1 unspecified atom stereocenters. The van der Waals surface area contributed by atoms with Gasteiger partial charge in [-0.1, -0.05) is 6.92 Å². The summed E-state index contributed by atoms with van der Waals surface area (Å²) in [6, 6.07) is 0. The van der Waals surface area contributed by atoms with Crippen molar-refractivity contribution >= 4 is 11.6 Å². The number of carbonyl (C=O) groups is 2. The van der Waals surface area contributed by atoms with E-state index in [2.05, 4.69) is 4.74 Å². The van der Waals surface area contributed by atoms with Crippen molar-refractivity contribution in [3.63, 3.8) is 0 Å². The molecule has 0 radical (unpaired) electrons. The predicted octanol–water partition coefficient (Wildman–Crippen LogP) is 4.26. The third kappa shape index (κ3) is 7.09. The summed E-state index contributed by atoms with van der Waals surface area (Å²) in [5.41, 5.74) is -1.15. The van der Waals surface area contributed by atoms with Crippen LogP contribution in [0.25, 0.3) is 0 Å². The number of alkyl halides is 6. The average Bonchev–Trinajstić information content (AvgIpc) is 2.50. The second-order valence-electron chi connectivity index (χ2n) is 6.32. The first kappa shape index (κ1) is 22.0. The number of ether oxygens (including phenoxy) is 2. The van der Waals surface area contributed by atoms with Crippen LogP contribution in [0.3, 0.4) is 0 Å². The molecule has 1 rings (SSSR count). The van der Waals surface area contributed by atoms with Gasteiger partial charge in [-0.05, 0) is 19.8 Å².